The lowest BCUT2D eigenvalue weighted by molar-refractivity contribution is -0.144. The Morgan fingerprint density at radius 1 is 1.10 bits per heavy atom. The van der Waals surface area contributed by atoms with Crippen LogP contribution in [0.4, 0.5) is 0 Å². The van der Waals surface area contributed by atoms with Gasteiger partial charge in [0.1, 0.15) is 0 Å². The Bertz CT molecular complexity index is 462. The molecule has 0 amide bonds. The fourth-order valence-corrected chi connectivity index (χ4v) is 2.16. The molecule has 2 heteroatoms. The monoisotopic (exact) mass is 270 g/mol. The van der Waals surface area contributed by atoms with Crippen molar-refractivity contribution >= 4 is 5.78 Å². The summed E-state index contributed by atoms with van der Waals surface area (Å²) < 4.78 is 5.89. The van der Waals surface area contributed by atoms with E-state index >= 15 is 0 Å². The van der Waals surface area contributed by atoms with E-state index < -0.39 is 5.60 Å². The van der Waals surface area contributed by atoms with Crippen LogP contribution in [-0.2, 0) is 15.1 Å². The zero-order chi connectivity index (χ0) is 14.8. The summed E-state index contributed by atoms with van der Waals surface area (Å²) in [6, 6.07) is 9.57. The number of rotatable bonds is 10. The van der Waals surface area contributed by atoms with Gasteiger partial charge in [-0.2, -0.15) is 0 Å². The molecule has 1 aromatic rings. The average Bonchev–Trinajstić information content (AvgIpc) is 2.50. The maximum absolute atomic E-state index is 12.7. The first kappa shape index (κ1) is 16.1. The molecule has 20 heavy (non-hydrogen) atoms. The third-order valence-electron chi connectivity index (χ3n) is 3.15. The number of benzene rings is 1. The Kier molecular flexibility index (Phi) is 6.68. The van der Waals surface area contributed by atoms with Gasteiger partial charge in [-0.05, 0) is 12.0 Å². The highest BCUT2D eigenvalue weighted by molar-refractivity contribution is 5.89. The standard InChI is InChI=1S/C18H22O2/c1-4-7-13-17(19)18(14-5-2,20-15-6-3)16-11-9-8-10-12-16/h4-6,8-12H,1-3,7,13-15H2/t18-/m1/s1. The number of ether oxygens (including phenoxy) is 1. The average molecular weight is 270 g/mol. The van der Waals surface area contributed by atoms with Gasteiger partial charge in [0.25, 0.3) is 0 Å². The van der Waals surface area contributed by atoms with Crippen LogP contribution >= 0.6 is 0 Å². The van der Waals surface area contributed by atoms with Gasteiger partial charge in [-0.3, -0.25) is 4.79 Å². The molecule has 0 aliphatic rings. The van der Waals surface area contributed by atoms with Gasteiger partial charge in [-0.1, -0.05) is 48.6 Å². The fraction of sp³-hybridized carbons (Fsp3) is 0.278. The third kappa shape index (κ3) is 3.78. The molecule has 0 heterocycles. The van der Waals surface area contributed by atoms with E-state index in [4.69, 9.17) is 4.74 Å². The molecule has 0 saturated heterocycles. The van der Waals surface area contributed by atoms with E-state index in [1.54, 1.807) is 18.2 Å². The lowest BCUT2D eigenvalue weighted by Crippen LogP contribution is -2.38. The minimum atomic E-state index is -0.972. The fourth-order valence-electron chi connectivity index (χ4n) is 2.16. The summed E-state index contributed by atoms with van der Waals surface area (Å²) in [5.41, 5.74) is -0.115. The predicted molar refractivity (Wildman–Crippen MR) is 83.5 cm³/mol. The van der Waals surface area contributed by atoms with Gasteiger partial charge in [0, 0.05) is 12.8 Å². The molecule has 0 aliphatic heterocycles. The molecular formula is C18H22O2. The summed E-state index contributed by atoms with van der Waals surface area (Å²) in [4.78, 5) is 12.7. The van der Waals surface area contributed by atoms with Crippen molar-refractivity contribution < 1.29 is 9.53 Å². The van der Waals surface area contributed by atoms with E-state index in [9.17, 15) is 4.79 Å². The zero-order valence-corrected chi connectivity index (χ0v) is 11.9. The second kappa shape index (κ2) is 8.28. The molecule has 2 nitrogen and oxygen atoms in total. The lowest BCUT2D eigenvalue weighted by Gasteiger charge is -2.32. The Balaban J connectivity index is 3.18. The van der Waals surface area contributed by atoms with Crippen molar-refractivity contribution in [3.05, 3.63) is 73.9 Å². The molecule has 0 unspecified atom stereocenters. The first-order valence-electron chi connectivity index (χ1n) is 6.76. The minimum Gasteiger partial charge on any atom is -0.358 e. The second-order valence-corrected chi connectivity index (χ2v) is 4.54. The van der Waals surface area contributed by atoms with Gasteiger partial charge in [0.15, 0.2) is 11.4 Å². The van der Waals surface area contributed by atoms with E-state index in [1.807, 2.05) is 30.3 Å². The SMILES string of the molecule is C=CCCC(=O)[C@](CC=C)(OCC=C)c1ccccc1. The first-order chi connectivity index (χ1) is 9.71. The molecular weight excluding hydrogens is 248 g/mol. The van der Waals surface area contributed by atoms with Crippen molar-refractivity contribution in [1.29, 1.82) is 0 Å². The van der Waals surface area contributed by atoms with Crippen molar-refractivity contribution in [3.63, 3.8) is 0 Å². The van der Waals surface area contributed by atoms with Gasteiger partial charge in [0.2, 0.25) is 0 Å². The summed E-state index contributed by atoms with van der Waals surface area (Å²) in [5, 5.41) is 0. The molecule has 1 rings (SSSR count). The molecule has 106 valence electrons. The number of carbonyl (C=O) groups excluding carboxylic acids is 1. The van der Waals surface area contributed by atoms with Crippen molar-refractivity contribution in [3.8, 4) is 0 Å². The van der Waals surface area contributed by atoms with Crippen LogP contribution in [0.1, 0.15) is 24.8 Å². The van der Waals surface area contributed by atoms with Crippen LogP contribution in [0.25, 0.3) is 0 Å². The van der Waals surface area contributed by atoms with Gasteiger partial charge >= 0.3 is 0 Å². The van der Waals surface area contributed by atoms with Crippen LogP contribution in [0, 0.1) is 0 Å². The number of Topliss-reactive ketones (excluding diaryl/α,β-unsaturated/α-hetero) is 1. The molecule has 0 N–H and O–H groups in total. The van der Waals surface area contributed by atoms with Crippen LogP contribution in [0.2, 0.25) is 0 Å². The van der Waals surface area contributed by atoms with Crippen LogP contribution in [0.15, 0.2) is 68.3 Å². The Labute approximate surface area is 121 Å². The molecule has 1 atom stereocenters. The molecule has 1 aromatic carbocycles. The molecule has 0 spiro atoms. The van der Waals surface area contributed by atoms with Gasteiger partial charge in [-0.15, -0.1) is 19.7 Å². The molecule has 0 aliphatic carbocycles. The van der Waals surface area contributed by atoms with Crippen molar-refractivity contribution in [2.24, 2.45) is 0 Å². The number of hydrogen-bond donors (Lipinski definition) is 0. The van der Waals surface area contributed by atoms with Gasteiger partial charge in [-0.25, -0.2) is 0 Å². The minimum absolute atomic E-state index is 0.0466. The van der Waals surface area contributed by atoms with Crippen LogP contribution in [-0.4, -0.2) is 12.4 Å². The van der Waals surface area contributed by atoms with E-state index in [0.717, 1.165) is 5.56 Å². The van der Waals surface area contributed by atoms with E-state index in [-0.39, 0.29) is 5.78 Å². The van der Waals surface area contributed by atoms with Crippen molar-refractivity contribution in [1.82, 2.24) is 0 Å². The largest absolute Gasteiger partial charge is 0.358 e. The first-order valence-corrected chi connectivity index (χ1v) is 6.76. The number of hydrogen-bond acceptors (Lipinski definition) is 2. The summed E-state index contributed by atoms with van der Waals surface area (Å²) in [6.07, 6.45) is 6.62. The molecule has 0 fully saturated rings. The molecule has 0 radical (unpaired) electrons. The van der Waals surface area contributed by atoms with E-state index in [0.29, 0.717) is 25.9 Å². The Morgan fingerprint density at radius 3 is 2.35 bits per heavy atom. The second-order valence-electron chi connectivity index (χ2n) is 4.54. The number of allylic oxidation sites excluding steroid dienone is 1. The summed E-state index contributed by atoms with van der Waals surface area (Å²) in [5.74, 6) is 0.0466. The predicted octanol–water partition coefficient (Wildman–Crippen LogP) is 4.20. The summed E-state index contributed by atoms with van der Waals surface area (Å²) in [7, 11) is 0. The highest BCUT2D eigenvalue weighted by atomic mass is 16.5. The van der Waals surface area contributed by atoms with E-state index in [1.165, 1.54) is 0 Å². The zero-order valence-electron chi connectivity index (χ0n) is 11.9. The topological polar surface area (TPSA) is 26.3 Å². The van der Waals surface area contributed by atoms with Gasteiger partial charge < -0.3 is 4.74 Å². The highest BCUT2D eigenvalue weighted by Gasteiger charge is 2.38. The maximum Gasteiger partial charge on any atom is 0.169 e. The molecule has 0 bridgehead atoms. The molecule has 0 saturated carbocycles. The Hall–Kier alpha value is -1.93. The molecule has 0 aromatic heterocycles. The van der Waals surface area contributed by atoms with Crippen LogP contribution in [0.5, 0.6) is 0 Å². The quantitative estimate of drug-likeness (QED) is 0.596. The normalized spacial score (nSPS) is 13.2. The third-order valence-corrected chi connectivity index (χ3v) is 3.15. The lowest BCUT2D eigenvalue weighted by atomic mass is 9.84. The number of ketones is 1. The van der Waals surface area contributed by atoms with E-state index in [2.05, 4.69) is 19.7 Å². The highest BCUT2D eigenvalue weighted by Crippen LogP contribution is 2.33. The Morgan fingerprint density at radius 2 is 1.80 bits per heavy atom. The smallest absolute Gasteiger partial charge is 0.169 e. The van der Waals surface area contributed by atoms with Crippen molar-refractivity contribution in [2.75, 3.05) is 6.61 Å². The van der Waals surface area contributed by atoms with Crippen LogP contribution < -0.4 is 0 Å². The van der Waals surface area contributed by atoms with Crippen molar-refractivity contribution in [2.45, 2.75) is 24.9 Å². The summed E-state index contributed by atoms with van der Waals surface area (Å²) >= 11 is 0. The summed E-state index contributed by atoms with van der Waals surface area (Å²) in [6.45, 7) is 11.4. The van der Waals surface area contributed by atoms with Gasteiger partial charge in [0.05, 0.1) is 6.61 Å². The maximum atomic E-state index is 12.7. The number of carbonyl (C=O) groups is 1. The van der Waals surface area contributed by atoms with Crippen LogP contribution in [0.3, 0.4) is 0 Å².